The van der Waals surface area contributed by atoms with Gasteiger partial charge in [-0.05, 0) is 25.9 Å². The highest BCUT2D eigenvalue weighted by Crippen LogP contribution is 2.15. The van der Waals surface area contributed by atoms with Gasteiger partial charge in [-0.25, -0.2) is 0 Å². The molecule has 0 unspecified atom stereocenters. The van der Waals surface area contributed by atoms with Gasteiger partial charge in [0, 0.05) is 20.0 Å². The molecule has 1 rings (SSSR count). The van der Waals surface area contributed by atoms with E-state index in [9.17, 15) is 9.59 Å². The normalized spacial score (nSPS) is 17.1. The van der Waals surface area contributed by atoms with Crippen molar-refractivity contribution in [3.05, 3.63) is 0 Å². The summed E-state index contributed by atoms with van der Waals surface area (Å²) in [5, 5.41) is 3.20. The molecule has 0 aliphatic carbocycles. The van der Waals surface area contributed by atoms with Gasteiger partial charge in [0.15, 0.2) is 0 Å². The van der Waals surface area contributed by atoms with Gasteiger partial charge in [0.1, 0.15) is 0 Å². The Balaban J connectivity index is 2.54. The maximum Gasteiger partial charge on any atom is 0.232 e. The van der Waals surface area contributed by atoms with E-state index in [0.717, 1.165) is 25.9 Å². The number of imide groups is 1. The lowest BCUT2D eigenvalue weighted by Crippen LogP contribution is -2.44. The van der Waals surface area contributed by atoms with Gasteiger partial charge in [0.25, 0.3) is 0 Å². The van der Waals surface area contributed by atoms with Gasteiger partial charge in [-0.1, -0.05) is 0 Å². The fourth-order valence-electron chi connectivity index (χ4n) is 1.89. The summed E-state index contributed by atoms with van der Waals surface area (Å²) in [6, 6.07) is 0. The summed E-state index contributed by atoms with van der Waals surface area (Å²) in [6.45, 7) is 3.89. The molecule has 1 saturated heterocycles. The van der Waals surface area contributed by atoms with Crippen LogP contribution in [0, 0.1) is 5.92 Å². The van der Waals surface area contributed by atoms with Crippen molar-refractivity contribution in [1.29, 1.82) is 0 Å². The molecule has 0 saturated carbocycles. The van der Waals surface area contributed by atoms with Crippen LogP contribution < -0.4 is 5.32 Å². The zero-order chi connectivity index (χ0) is 12.0. The first-order valence-corrected chi connectivity index (χ1v) is 5.68. The Morgan fingerprint density at radius 3 is 2.50 bits per heavy atom. The number of methoxy groups -OCH3 is 1. The fourth-order valence-corrected chi connectivity index (χ4v) is 1.89. The molecule has 0 atom stereocenters. The summed E-state index contributed by atoms with van der Waals surface area (Å²) in [5.74, 6) is -0.256. The van der Waals surface area contributed by atoms with Crippen LogP contribution in [0.4, 0.5) is 0 Å². The van der Waals surface area contributed by atoms with Gasteiger partial charge in [-0.3, -0.25) is 14.5 Å². The largest absolute Gasteiger partial charge is 0.383 e. The zero-order valence-electron chi connectivity index (χ0n) is 9.99. The Morgan fingerprint density at radius 1 is 1.38 bits per heavy atom. The van der Waals surface area contributed by atoms with Crippen molar-refractivity contribution in [3.8, 4) is 0 Å². The first kappa shape index (κ1) is 13.1. The Morgan fingerprint density at radius 2 is 2.00 bits per heavy atom. The molecule has 1 N–H and O–H groups in total. The highest BCUT2D eigenvalue weighted by Gasteiger charge is 2.27. The van der Waals surface area contributed by atoms with Gasteiger partial charge >= 0.3 is 0 Å². The highest BCUT2D eigenvalue weighted by atomic mass is 16.5. The van der Waals surface area contributed by atoms with Crippen molar-refractivity contribution in [2.75, 3.05) is 33.4 Å². The monoisotopic (exact) mass is 228 g/mol. The Labute approximate surface area is 96.1 Å². The van der Waals surface area contributed by atoms with E-state index in [4.69, 9.17) is 4.74 Å². The first-order chi connectivity index (χ1) is 7.66. The number of ether oxygens (including phenoxy) is 1. The summed E-state index contributed by atoms with van der Waals surface area (Å²) < 4.78 is 4.90. The predicted octanol–water partition coefficient (Wildman–Crippen LogP) is 0.00750. The second-order valence-electron chi connectivity index (χ2n) is 4.03. The standard InChI is InChI=1S/C11H20N2O3/c1-9(14)13(7-8-16-2)11(15)10-3-5-12-6-4-10/h10,12H,3-8H2,1-2H3. The quantitative estimate of drug-likeness (QED) is 0.736. The number of piperidine rings is 1. The zero-order valence-corrected chi connectivity index (χ0v) is 9.99. The summed E-state index contributed by atoms with van der Waals surface area (Å²) in [5.41, 5.74) is 0. The average molecular weight is 228 g/mol. The molecule has 0 aromatic heterocycles. The minimum absolute atomic E-state index is 0.0120. The summed E-state index contributed by atoms with van der Waals surface area (Å²) in [7, 11) is 1.56. The molecular weight excluding hydrogens is 208 g/mol. The number of hydrogen-bond donors (Lipinski definition) is 1. The van der Waals surface area contributed by atoms with Crippen LogP contribution >= 0.6 is 0 Å². The molecule has 0 radical (unpaired) electrons. The maximum atomic E-state index is 12.1. The lowest BCUT2D eigenvalue weighted by Gasteiger charge is -2.27. The van der Waals surface area contributed by atoms with E-state index in [-0.39, 0.29) is 17.7 Å². The first-order valence-electron chi connectivity index (χ1n) is 5.68. The van der Waals surface area contributed by atoms with Crippen molar-refractivity contribution < 1.29 is 14.3 Å². The van der Waals surface area contributed by atoms with E-state index >= 15 is 0 Å². The van der Waals surface area contributed by atoms with Crippen molar-refractivity contribution in [2.45, 2.75) is 19.8 Å². The van der Waals surface area contributed by atoms with Crippen molar-refractivity contribution in [1.82, 2.24) is 10.2 Å². The molecule has 5 heteroatoms. The third-order valence-corrected chi connectivity index (χ3v) is 2.85. The molecular formula is C11H20N2O3. The molecule has 0 spiro atoms. The Bertz CT molecular complexity index is 250. The van der Waals surface area contributed by atoms with Gasteiger partial charge in [0.05, 0.1) is 13.2 Å². The van der Waals surface area contributed by atoms with Crippen molar-refractivity contribution >= 4 is 11.8 Å². The molecule has 5 nitrogen and oxygen atoms in total. The van der Waals surface area contributed by atoms with Gasteiger partial charge < -0.3 is 10.1 Å². The van der Waals surface area contributed by atoms with Crippen molar-refractivity contribution in [3.63, 3.8) is 0 Å². The topological polar surface area (TPSA) is 58.6 Å². The lowest BCUT2D eigenvalue weighted by atomic mass is 9.96. The number of carbonyl (C=O) groups is 2. The van der Waals surface area contributed by atoms with E-state index in [1.807, 2.05) is 0 Å². The second kappa shape index (κ2) is 6.60. The number of hydrogen-bond acceptors (Lipinski definition) is 4. The van der Waals surface area contributed by atoms with Crippen LogP contribution in [-0.4, -0.2) is 50.1 Å². The molecule has 2 amide bonds. The van der Waals surface area contributed by atoms with Crippen LogP contribution in [0.25, 0.3) is 0 Å². The molecule has 1 fully saturated rings. The molecule has 16 heavy (non-hydrogen) atoms. The van der Waals surface area contributed by atoms with Crippen LogP contribution in [-0.2, 0) is 14.3 Å². The minimum atomic E-state index is -0.194. The number of rotatable bonds is 4. The Hall–Kier alpha value is -0.940. The molecule has 1 aliphatic heterocycles. The average Bonchev–Trinajstić information content (AvgIpc) is 2.30. The van der Waals surface area contributed by atoms with Crippen LogP contribution in [0.1, 0.15) is 19.8 Å². The van der Waals surface area contributed by atoms with Gasteiger partial charge in [-0.15, -0.1) is 0 Å². The molecule has 1 heterocycles. The van der Waals surface area contributed by atoms with Crippen LogP contribution in [0.3, 0.4) is 0 Å². The van der Waals surface area contributed by atoms with E-state index in [0.29, 0.717) is 13.2 Å². The summed E-state index contributed by atoms with van der Waals surface area (Å²) >= 11 is 0. The van der Waals surface area contributed by atoms with Crippen LogP contribution in [0.2, 0.25) is 0 Å². The van der Waals surface area contributed by atoms with E-state index in [1.165, 1.54) is 11.8 Å². The Kier molecular flexibility index (Phi) is 5.42. The lowest BCUT2D eigenvalue weighted by molar-refractivity contribution is -0.147. The van der Waals surface area contributed by atoms with Crippen LogP contribution in [0.5, 0.6) is 0 Å². The SMILES string of the molecule is COCCN(C(C)=O)C(=O)C1CCNCC1. The molecule has 0 bridgehead atoms. The fraction of sp³-hybridized carbons (Fsp3) is 0.818. The predicted molar refractivity (Wildman–Crippen MR) is 59.9 cm³/mol. The molecule has 92 valence electrons. The van der Waals surface area contributed by atoms with Gasteiger partial charge in [0.2, 0.25) is 11.8 Å². The molecule has 0 aromatic rings. The third-order valence-electron chi connectivity index (χ3n) is 2.85. The summed E-state index contributed by atoms with van der Waals surface area (Å²) in [4.78, 5) is 24.7. The smallest absolute Gasteiger partial charge is 0.232 e. The number of nitrogens with one attached hydrogen (secondary N) is 1. The van der Waals surface area contributed by atoms with E-state index in [1.54, 1.807) is 7.11 Å². The summed E-state index contributed by atoms with van der Waals surface area (Å²) in [6.07, 6.45) is 1.63. The van der Waals surface area contributed by atoms with Gasteiger partial charge in [-0.2, -0.15) is 0 Å². The van der Waals surface area contributed by atoms with Crippen molar-refractivity contribution in [2.24, 2.45) is 5.92 Å². The maximum absolute atomic E-state index is 12.1. The molecule has 0 aromatic carbocycles. The second-order valence-corrected chi connectivity index (χ2v) is 4.03. The number of carbonyl (C=O) groups excluding carboxylic acids is 2. The third kappa shape index (κ3) is 3.57. The molecule has 1 aliphatic rings. The minimum Gasteiger partial charge on any atom is -0.383 e. The number of nitrogens with zero attached hydrogens (tertiary/aromatic N) is 1. The highest BCUT2D eigenvalue weighted by molar-refractivity contribution is 5.95. The van der Waals surface area contributed by atoms with E-state index < -0.39 is 0 Å². The van der Waals surface area contributed by atoms with Crippen LogP contribution in [0.15, 0.2) is 0 Å². The van der Waals surface area contributed by atoms with E-state index in [2.05, 4.69) is 5.32 Å². The number of amides is 2.